The lowest BCUT2D eigenvalue weighted by Gasteiger charge is -2.10. The van der Waals surface area contributed by atoms with Gasteiger partial charge in [0.25, 0.3) is 0 Å². The van der Waals surface area contributed by atoms with E-state index in [1.807, 2.05) is 42.6 Å². The zero-order valence-corrected chi connectivity index (χ0v) is 12.0. The number of para-hydroxylation sites is 2. The molecule has 0 aliphatic carbocycles. The Morgan fingerprint density at radius 2 is 1.67 bits per heavy atom. The van der Waals surface area contributed by atoms with Crippen molar-refractivity contribution in [2.75, 3.05) is 7.11 Å². The minimum atomic E-state index is 0.778. The Bertz CT molecular complexity index is 735. The van der Waals surface area contributed by atoms with E-state index in [1.165, 1.54) is 16.5 Å². The molecule has 0 amide bonds. The lowest BCUT2D eigenvalue weighted by atomic mass is 10.1. The van der Waals surface area contributed by atoms with Crippen molar-refractivity contribution in [1.82, 2.24) is 10.3 Å². The predicted octanol–water partition coefficient (Wildman–Crippen LogP) is 3.53. The second kappa shape index (κ2) is 6.37. The van der Waals surface area contributed by atoms with Crippen LogP contribution in [0, 0.1) is 0 Å². The number of hydrogen-bond donors (Lipinski definition) is 1. The minimum Gasteiger partial charge on any atom is -0.496 e. The van der Waals surface area contributed by atoms with Gasteiger partial charge in [-0.05, 0) is 23.8 Å². The van der Waals surface area contributed by atoms with Crippen LogP contribution in [0.25, 0.3) is 10.9 Å². The Hall–Kier alpha value is -2.39. The molecule has 0 saturated heterocycles. The molecule has 0 aliphatic rings. The van der Waals surface area contributed by atoms with Crippen molar-refractivity contribution < 1.29 is 4.74 Å². The van der Waals surface area contributed by atoms with E-state index in [0.29, 0.717) is 0 Å². The van der Waals surface area contributed by atoms with Crippen molar-refractivity contribution in [2.24, 2.45) is 0 Å². The summed E-state index contributed by atoms with van der Waals surface area (Å²) in [5.74, 6) is 0.921. The van der Waals surface area contributed by atoms with Crippen molar-refractivity contribution in [3.05, 3.63) is 71.9 Å². The van der Waals surface area contributed by atoms with Crippen LogP contribution in [0.3, 0.4) is 0 Å². The number of methoxy groups -OCH3 is 1. The summed E-state index contributed by atoms with van der Waals surface area (Å²) in [6, 6.07) is 18.4. The van der Waals surface area contributed by atoms with Crippen LogP contribution in [0.15, 0.2) is 60.8 Å². The Morgan fingerprint density at radius 1 is 0.905 bits per heavy atom. The van der Waals surface area contributed by atoms with Crippen LogP contribution < -0.4 is 10.1 Å². The summed E-state index contributed by atoms with van der Waals surface area (Å²) in [6.45, 7) is 1.59. The van der Waals surface area contributed by atoms with E-state index < -0.39 is 0 Å². The average molecular weight is 278 g/mol. The molecule has 2 aromatic carbocycles. The first kappa shape index (κ1) is 13.6. The Morgan fingerprint density at radius 3 is 2.57 bits per heavy atom. The zero-order chi connectivity index (χ0) is 14.5. The van der Waals surface area contributed by atoms with Gasteiger partial charge in [-0.1, -0.05) is 36.4 Å². The highest BCUT2D eigenvalue weighted by atomic mass is 16.5. The number of pyridine rings is 1. The van der Waals surface area contributed by atoms with Crippen molar-refractivity contribution in [3.8, 4) is 5.75 Å². The third-order valence-corrected chi connectivity index (χ3v) is 3.56. The molecular weight excluding hydrogens is 260 g/mol. The van der Waals surface area contributed by atoms with Crippen LogP contribution in [0.4, 0.5) is 0 Å². The molecule has 1 N–H and O–H groups in total. The maximum absolute atomic E-state index is 5.37. The van der Waals surface area contributed by atoms with E-state index in [-0.39, 0.29) is 0 Å². The molecule has 0 atom stereocenters. The van der Waals surface area contributed by atoms with E-state index in [2.05, 4.69) is 28.5 Å². The van der Waals surface area contributed by atoms with Gasteiger partial charge in [-0.2, -0.15) is 0 Å². The number of nitrogens with zero attached hydrogens (tertiary/aromatic N) is 1. The molecule has 0 fully saturated rings. The lowest BCUT2D eigenvalue weighted by Crippen LogP contribution is -2.13. The first-order chi connectivity index (χ1) is 10.4. The van der Waals surface area contributed by atoms with E-state index in [0.717, 1.165) is 24.4 Å². The van der Waals surface area contributed by atoms with Gasteiger partial charge in [0.05, 0.1) is 12.6 Å². The Balaban J connectivity index is 1.72. The fourth-order valence-electron chi connectivity index (χ4n) is 2.49. The number of hydrogen-bond acceptors (Lipinski definition) is 3. The van der Waals surface area contributed by atoms with Crippen molar-refractivity contribution in [2.45, 2.75) is 13.1 Å². The van der Waals surface area contributed by atoms with Crippen molar-refractivity contribution in [3.63, 3.8) is 0 Å². The molecule has 21 heavy (non-hydrogen) atoms. The summed E-state index contributed by atoms with van der Waals surface area (Å²) >= 11 is 0. The number of nitrogens with one attached hydrogen (secondary N) is 1. The Kier molecular flexibility index (Phi) is 4.12. The number of aromatic nitrogens is 1. The van der Waals surface area contributed by atoms with Gasteiger partial charge in [0.2, 0.25) is 0 Å². The molecule has 0 aliphatic heterocycles. The fraction of sp³-hybridized carbons (Fsp3) is 0.167. The van der Waals surface area contributed by atoms with Gasteiger partial charge in [0, 0.05) is 30.2 Å². The molecule has 3 rings (SSSR count). The lowest BCUT2D eigenvalue weighted by molar-refractivity contribution is 0.407. The highest BCUT2D eigenvalue weighted by Crippen LogP contribution is 2.18. The zero-order valence-electron chi connectivity index (χ0n) is 12.0. The first-order valence-electron chi connectivity index (χ1n) is 7.04. The van der Waals surface area contributed by atoms with Crippen molar-refractivity contribution >= 4 is 10.9 Å². The molecule has 0 spiro atoms. The number of ether oxygens (including phenoxy) is 1. The normalized spacial score (nSPS) is 10.7. The number of benzene rings is 2. The smallest absolute Gasteiger partial charge is 0.123 e. The second-order valence-corrected chi connectivity index (χ2v) is 4.90. The fourth-order valence-corrected chi connectivity index (χ4v) is 2.49. The molecule has 0 saturated carbocycles. The quantitative estimate of drug-likeness (QED) is 0.775. The van der Waals surface area contributed by atoms with Gasteiger partial charge in [0.1, 0.15) is 5.75 Å². The molecule has 0 unspecified atom stereocenters. The Labute approximate surface area is 124 Å². The largest absolute Gasteiger partial charge is 0.496 e. The van der Waals surface area contributed by atoms with E-state index in [9.17, 15) is 0 Å². The molecule has 3 aromatic rings. The maximum atomic E-state index is 5.37. The molecule has 0 radical (unpaired) electrons. The number of fused-ring (bicyclic) bond motifs is 1. The molecule has 106 valence electrons. The van der Waals surface area contributed by atoms with Gasteiger partial charge in [-0.25, -0.2) is 0 Å². The van der Waals surface area contributed by atoms with Crippen LogP contribution >= 0.6 is 0 Å². The average Bonchev–Trinajstić information content (AvgIpc) is 2.55. The standard InChI is InChI=1S/C18H18N2O/c1-21-18-9-5-2-6-15(18)13-19-12-14-10-11-20-17-8-4-3-7-16(14)17/h2-11,19H,12-13H2,1H3. The predicted molar refractivity (Wildman–Crippen MR) is 85.3 cm³/mol. The van der Waals surface area contributed by atoms with E-state index >= 15 is 0 Å². The van der Waals surface area contributed by atoms with Gasteiger partial charge in [-0.3, -0.25) is 4.98 Å². The highest BCUT2D eigenvalue weighted by Gasteiger charge is 2.03. The van der Waals surface area contributed by atoms with Crippen LogP contribution in [0.2, 0.25) is 0 Å². The maximum Gasteiger partial charge on any atom is 0.123 e. The summed E-state index contributed by atoms with van der Waals surface area (Å²) in [4.78, 5) is 4.39. The third-order valence-electron chi connectivity index (χ3n) is 3.56. The second-order valence-electron chi connectivity index (χ2n) is 4.90. The minimum absolute atomic E-state index is 0.778. The molecular formula is C18H18N2O. The van der Waals surface area contributed by atoms with Crippen molar-refractivity contribution in [1.29, 1.82) is 0 Å². The van der Waals surface area contributed by atoms with Gasteiger partial charge >= 0.3 is 0 Å². The number of rotatable bonds is 5. The van der Waals surface area contributed by atoms with Crippen LogP contribution in [-0.4, -0.2) is 12.1 Å². The topological polar surface area (TPSA) is 34.1 Å². The summed E-state index contributed by atoms with van der Waals surface area (Å²) in [7, 11) is 1.70. The first-order valence-corrected chi connectivity index (χ1v) is 7.04. The summed E-state index contributed by atoms with van der Waals surface area (Å²) in [5.41, 5.74) is 3.46. The summed E-state index contributed by atoms with van der Waals surface area (Å²) < 4.78 is 5.37. The SMILES string of the molecule is COc1ccccc1CNCc1ccnc2ccccc12. The summed E-state index contributed by atoms with van der Waals surface area (Å²) in [6.07, 6.45) is 1.86. The van der Waals surface area contributed by atoms with Gasteiger partial charge < -0.3 is 10.1 Å². The summed E-state index contributed by atoms with van der Waals surface area (Å²) in [5, 5.41) is 4.68. The van der Waals surface area contributed by atoms with E-state index in [1.54, 1.807) is 7.11 Å². The highest BCUT2D eigenvalue weighted by molar-refractivity contribution is 5.81. The molecule has 0 bridgehead atoms. The monoisotopic (exact) mass is 278 g/mol. The van der Waals surface area contributed by atoms with Crippen LogP contribution in [0.5, 0.6) is 5.75 Å². The van der Waals surface area contributed by atoms with Gasteiger partial charge in [-0.15, -0.1) is 0 Å². The van der Waals surface area contributed by atoms with Crippen LogP contribution in [0.1, 0.15) is 11.1 Å². The molecule has 3 heteroatoms. The molecule has 1 aromatic heterocycles. The molecule has 1 heterocycles. The van der Waals surface area contributed by atoms with Crippen LogP contribution in [-0.2, 0) is 13.1 Å². The molecule has 3 nitrogen and oxygen atoms in total. The third kappa shape index (κ3) is 3.03. The van der Waals surface area contributed by atoms with Gasteiger partial charge in [0.15, 0.2) is 0 Å². The van der Waals surface area contributed by atoms with E-state index in [4.69, 9.17) is 4.74 Å².